The van der Waals surface area contributed by atoms with Crippen molar-refractivity contribution in [3.05, 3.63) is 24.3 Å². The van der Waals surface area contributed by atoms with E-state index >= 15 is 0 Å². The monoisotopic (exact) mass is 269 g/mol. The summed E-state index contributed by atoms with van der Waals surface area (Å²) in [5.41, 5.74) is 6.90. The predicted octanol–water partition coefficient (Wildman–Crippen LogP) is 1.16. The molecule has 0 aliphatic carbocycles. The van der Waals surface area contributed by atoms with Crippen LogP contribution in [0.5, 0.6) is 0 Å². The molecule has 1 aromatic rings. The molecule has 0 radical (unpaired) electrons. The standard InChI is InChI=1S/C12H15N3O2.ClH/c13-9-3-1-2-4-10(9)15-12(17)8-5-6-11(16)14-7-8;/h1-4,8H,5-7,13H2,(H,14,16)(H,15,17);1H. The van der Waals surface area contributed by atoms with Gasteiger partial charge in [-0.05, 0) is 18.6 Å². The summed E-state index contributed by atoms with van der Waals surface area (Å²) in [7, 11) is 0. The van der Waals surface area contributed by atoms with Gasteiger partial charge in [0, 0.05) is 13.0 Å². The highest BCUT2D eigenvalue weighted by Gasteiger charge is 2.24. The van der Waals surface area contributed by atoms with Crippen LogP contribution in [0, 0.1) is 5.92 Å². The first-order chi connectivity index (χ1) is 8.16. The van der Waals surface area contributed by atoms with Gasteiger partial charge in [0.1, 0.15) is 0 Å². The molecule has 1 fully saturated rings. The molecule has 98 valence electrons. The number of hydrogen-bond donors (Lipinski definition) is 3. The van der Waals surface area contributed by atoms with E-state index in [4.69, 9.17) is 5.73 Å². The Bertz CT molecular complexity index is 441. The number of halogens is 1. The first kappa shape index (κ1) is 14.3. The number of para-hydroxylation sites is 2. The summed E-state index contributed by atoms with van der Waals surface area (Å²) in [5.74, 6) is -0.261. The lowest BCUT2D eigenvalue weighted by Crippen LogP contribution is -2.40. The van der Waals surface area contributed by atoms with Crippen molar-refractivity contribution >= 4 is 35.6 Å². The molecule has 2 rings (SSSR count). The van der Waals surface area contributed by atoms with Gasteiger partial charge < -0.3 is 16.4 Å². The summed E-state index contributed by atoms with van der Waals surface area (Å²) >= 11 is 0. The summed E-state index contributed by atoms with van der Waals surface area (Å²) in [5, 5.41) is 5.46. The first-order valence-corrected chi connectivity index (χ1v) is 5.59. The molecule has 6 heteroatoms. The second-order valence-corrected chi connectivity index (χ2v) is 4.12. The fourth-order valence-corrected chi connectivity index (χ4v) is 1.80. The van der Waals surface area contributed by atoms with E-state index in [-0.39, 0.29) is 30.1 Å². The van der Waals surface area contributed by atoms with Gasteiger partial charge in [0.05, 0.1) is 17.3 Å². The van der Waals surface area contributed by atoms with Crippen LogP contribution in [0.1, 0.15) is 12.8 Å². The van der Waals surface area contributed by atoms with Gasteiger partial charge >= 0.3 is 0 Å². The molecule has 0 aromatic heterocycles. The zero-order valence-electron chi connectivity index (χ0n) is 9.81. The molecule has 4 N–H and O–H groups in total. The highest BCUT2D eigenvalue weighted by Crippen LogP contribution is 2.19. The highest BCUT2D eigenvalue weighted by atomic mass is 35.5. The van der Waals surface area contributed by atoms with Gasteiger partial charge in [-0.2, -0.15) is 0 Å². The Kier molecular flexibility index (Phi) is 4.97. The van der Waals surface area contributed by atoms with Gasteiger partial charge in [-0.25, -0.2) is 0 Å². The summed E-state index contributed by atoms with van der Waals surface area (Å²) < 4.78 is 0. The molecule has 1 aliphatic rings. The molecule has 0 bridgehead atoms. The Hall–Kier alpha value is -1.75. The maximum atomic E-state index is 11.9. The van der Waals surface area contributed by atoms with Gasteiger partial charge in [-0.1, -0.05) is 12.1 Å². The van der Waals surface area contributed by atoms with Crippen molar-refractivity contribution in [2.45, 2.75) is 12.8 Å². The molecule has 2 amide bonds. The zero-order valence-corrected chi connectivity index (χ0v) is 10.6. The van der Waals surface area contributed by atoms with Crippen LogP contribution in [-0.2, 0) is 9.59 Å². The van der Waals surface area contributed by atoms with Crippen LogP contribution in [-0.4, -0.2) is 18.4 Å². The number of nitrogens with one attached hydrogen (secondary N) is 2. The van der Waals surface area contributed by atoms with E-state index in [1.807, 2.05) is 12.1 Å². The Morgan fingerprint density at radius 3 is 2.72 bits per heavy atom. The second kappa shape index (κ2) is 6.26. The average molecular weight is 270 g/mol. The molecule has 1 heterocycles. The van der Waals surface area contributed by atoms with Gasteiger partial charge in [0.25, 0.3) is 0 Å². The van der Waals surface area contributed by atoms with Crippen LogP contribution in [0.2, 0.25) is 0 Å². The smallest absolute Gasteiger partial charge is 0.229 e. The van der Waals surface area contributed by atoms with E-state index in [2.05, 4.69) is 10.6 Å². The second-order valence-electron chi connectivity index (χ2n) is 4.12. The maximum Gasteiger partial charge on any atom is 0.229 e. The fourth-order valence-electron chi connectivity index (χ4n) is 1.80. The van der Waals surface area contributed by atoms with Gasteiger partial charge in [-0.15, -0.1) is 12.4 Å². The Morgan fingerprint density at radius 2 is 2.11 bits per heavy atom. The molecule has 1 atom stereocenters. The molecule has 18 heavy (non-hydrogen) atoms. The normalized spacial score (nSPS) is 18.4. The van der Waals surface area contributed by atoms with Crippen LogP contribution in [0.4, 0.5) is 11.4 Å². The topological polar surface area (TPSA) is 84.2 Å². The Morgan fingerprint density at radius 1 is 1.39 bits per heavy atom. The third-order valence-corrected chi connectivity index (χ3v) is 2.85. The van der Waals surface area contributed by atoms with Gasteiger partial charge in [-0.3, -0.25) is 9.59 Å². The molecule has 1 aromatic carbocycles. The summed E-state index contributed by atoms with van der Waals surface area (Å²) in [4.78, 5) is 22.9. The van der Waals surface area contributed by atoms with Crippen molar-refractivity contribution < 1.29 is 9.59 Å². The number of amides is 2. The molecule has 5 nitrogen and oxygen atoms in total. The molecule has 0 saturated carbocycles. The quantitative estimate of drug-likeness (QED) is 0.705. The van der Waals surface area contributed by atoms with Crippen molar-refractivity contribution in [3.8, 4) is 0 Å². The van der Waals surface area contributed by atoms with Gasteiger partial charge in [0.2, 0.25) is 11.8 Å². The minimum absolute atomic E-state index is 0. The van der Waals surface area contributed by atoms with E-state index in [0.717, 1.165) is 0 Å². The minimum Gasteiger partial charge on any atom is -0.397 e. The summed E-state index contributed by atoms with van der Waals surface area (Å²) in [6, 6.07) is 7.12. The van der Waals surface area contributed by atoms with Gasteiger partial charge in [0.15, 0.2) is 0 Å². The summed E-state index contributed by atoms with van der Waals surface area (Å²) in [6.45, 7) is 0.400. The van der Waals surface area contributed by atoms with E-state index in [1.165, 1.54) is 0 Å². The number of nitrogens with two attached hydrogens (primary N) is 1. The SMILES string of the molecule is Cl.Nc1ccccc1NC(=O)C1CCC(=O)NC1. The summed E-state index contributed by atoms with van der Waals surface area (Å²) in [6.07, 6.45) is 0.993. The van der Waals surface area contributed by atoms with Crippen LogP contribution in [0.15, 0.2) is 24.3 Å². The minimum atomic E-state index is -0.174. The van der Waals surface area contributed by atoms with Crippen molar-refractivity contribution in [1.29, 1.82) is 0 Å². The Balaban J connectivity index is 0.00000162. The largest absolute Gasteiger partial charge is 0.397 e. The van der Waals surface area contributed by atoms with E-state index in [9.17, 15) is 9.59 Å². The number of piperidine rings is 1. The van der Waals surface area contributed by atoms with Crippen molar-refractivity contribution in [2.24, 2.45) is 5.92 Å². The molecular weight excluding hydrogens is 254 g/mol. The lowest BCUT2D eigenvalue weighted by Gasteiger charge is -2.21. The van der Waals surface area contributed by atoms with Crippen molar-refractivity contribution in [3.63, 3.8) is 0 Å². The number of nitrogen functional groups attached to an aromatic ring is 1. The third kappa shape index (κ3) is 3.37. The maximum absolute atomic E-state index is 11.9. The van der Waals surface area contributed by atoms with E-state index in [0.29, 0.717) is 30.8 Å². The molecule has 1 unspecified atom stereocenters. The van der Waals surface area contributed by atoms with Crippen LogP contribution in [0.3, 0.4) is 0 Å². The number of hydrogen-bond acceptors (Lipinski definition) is 3. The molecule has 0 spiro atoms. The lowest BCUT2D eigenvalue weighted by molar-refractivity contribution is -0.126. The first-order valence-electron chi connectivity index (χ1n) is 5.59. The number of benzene rings is 1. The highest BCUT2D eigenvalue weighted by molar-refractivity contribution is 5.96. The molecular formula is C12H16ClN3O2. The number of carbonyl (C=O) groups excluding carboxylic acids is 2. The number of rotatable bonds is 2. The van der Waals surface area contributed by atoms with Crippen LogP contribution in [0.25, 0.3) is 0 Å². The van der Waals surface area contributed by atoms with E-state index < -0.39 is 0 Å². The Labute approximate surface area is 112 Å². The molecule has 1 saturated heterocycles. The van der Waals surface area contributed by atoms with Crippen LogP contribution >= 0.6 is 12.4 Å². The van der Waals surface area contributed by atoms with Crippen LogP contribution < -0.4 is 16.4 Å². The van der Waals surface area contributed by atoms with Crippen molar-refractivity contribution in [2.75, 3.05) is 17.6 Å². The lowest BCUT2D eigenvalue weighted by atomic mass is 9.98. The number of carbonyl (C=O) groups is 2. The predicted molar refractivity (Wildman–Crippen MR) is 72.5 cm³/mol. The molecule has 1 aliphatic heterocycles. The van der Waals surface area contributed by atoms with Crippen molar-refractivity contribution in [1.82, 2.24) is 5.32 Å². The average Bonchev–Trinajstić information content (AvgIpc) is 2.33. The number of anilines is 2. The fraction of sp³-hybridized carbons (Fsp3) is 0.333. The van der Waals surface area contributed by atoms with E-state index in [1.54, 1.807) is 12.1 Å². The zero-order chi connectivity index (χ0) is 12.3. The third-order valence-electron chi connectivity index (χ3n) is 2.85.